The SMILES string of the molecule is CCc1nc(C(NC(C)C)c2ccc(Br)cc2)sc1C. The number of nitrogens with zero attached hydrogens (tertiary/aromatic N) is 1. The summed E-state index contributed by atoms with van der Waals surface area (Å²) >= 11 is 5.30. The van der Waals surface area contributed by atoms with Crippen molar-refractivity contribution in [1.29, 1.82) is 0 Å². The molecule has 0 bridgehead atoms. The van der Waals surface area contributed by atoms with Crippen LogP contribution >= 0.6 is 27.3 Å². The van der Waals surface area contributed by atoms with E-state index in [0.29, 0.717) is 6.04 Å². The van der Waals surface area contributed by atoms with Crippen molar-refractivity contribution in [3.63, 3.8) is 0 Å². The summed E-state index contributed by atoms with van der Waals surface area (Å²) in [5, 5.41) is 4.79. The fourth-order valence-electron chi connectivity index (χ4n) is 2.20. The van der Waals surface area contributed by atoms with Crippen LogP contribution in [0.2, 0.25) is 0 Å². The molecule has 0 spiro atoms. The van der Waals surface area contributed by atoms with E-state index in [1.54, 1.807) is 11.3 Å². The highest BCUT2D eigenvalue weighted by Crippen LogP contribution is 2.29. The molecule has 1 aromatic carbocycles. The third-order valence-electron chi connectivity index (χ3n) is 3.19. The molecule has 4 heteroatoms. The summed E-state index contributed by atoms with van der Waals surface area (Å²) in [7, 11) is 0. The highest BCUT2D eigenvalue weighted by atomic mass is 79.9. The first-order valence-corrected chi connectivity index (χ1v) is 8.60. The molecule has 1 aromatic heterocycles. The van der Waals surface area contributed by atoms with Crippen LogP contribution in [0.1, 0.15) is 48.0 Å². The van der Waals surface area contributed by atoms with Crippen LogP contribution in [-0.2, 0) is 6.42 Å². The Morgan fingerprint density at radius 2 is 1.90 bits per heavy atom. The van der Waals surface area contributed by atoms with E-state index in [-0.39, 0.29) is 6.04 Å². The number of hydrogen-bond acceptors (Lipinski definition) is 3. The molecule has 0 saturated carbocycles. The van der Waals surface area contributed by atoms with Crippen molar-refractivity contribution in [3.8, 4) is 0 Å². The van der Waals surface area contributed by atoms with Gasteiger partial charge in [-0.15, -0.1) is 11.3 Å². The number of rotatable bonds is 5. The Hall–Kier alpha value is -0.710. The number of nitrogens with one attached hydrogen (secondary N) is 1. The standard InChI is InChI=1S/C16H21BrN2S/c1-5-14-11(4)20-16(19-14)15(18-10(2)3)12-6-8-13(17)9-7-12/h6-10,15,18H,5H2,1-4H3. The lowest BCUT2D eigenvalue weighted by Gasteiger charge is -2.20. The second-order valence-electron chi connectivity index (χ2n) is 5.21. The van der Waals surface area contributed by atoms with Crippen molar-refractivity contribution in [1.82, 2.24) is 10.3 Å². The third-order valence-corrected chi connectivity index (χ3v) is 4.80. The number of halogens is 1. The van der Waals surface area contributed by atoms with Crippen molar-refractivity contribution in [3.05, 3.63) is 49.9 Å². The van der Waals surface area contributed by atoms with Crippen LogP contribution in [0.4, 0.5) is 0 Å². The van der Waals surface area contributed by atoms with Crippen LogP contribution in [0.3, 0.4) is 0 Å². The lowest BCUT2D eigenvalue weighted by Crippen LogP contribution is -2.28. The van der Waals surface area contributed by atoms with Gasteiger partial charge in [0.15, 0.2) is 0 Å². The van der Waals surface area contributed by atoms with Gasteiger partial charge in [0.1, 0.15) is 5.01 Å². The smallest absolute Gasteiger partial charge is 0.115 e. The number of hydrogen-bond donors (Lipinski definition) is 1. The van der Waals surface area contributed by atoms with Gasteiger partial charge in [-0.25, -0.2) is 4.98 Å². The molecule has 0 aliphatic carbocycles. The Kier molecular flexibility index (Phi) is 5.35. The Morgan fingerprint density at radius 3 is 2.40 bits per heavy atom. The molecule has 0 saturated heterocycles. The van der Waals surface area contributed by atoms with E-state index in [0.717, 1.165) is 15.9 Å². The van der Waals surface area contributed by atoms with Crippen LogP contribution in [0, 0.1) is 6.92 Å². The van der Waals surface area contributed by atoms with E-state index in [1.165, 1.54) is 16.1 Å². The average molecular weight is 353 g/mol. The third kappa shape index (κ3) is 3.68. The average Bonchev–Trinajstić information content (AvgIpc) is 2.78. The maximum atomic E-state index is 4.82. The summed E-state index contributed by atoms with van der Waals surface area (Å²) in [6.45, 7) is 8.67. The van der Waals surface area contributed by atoms with Gasteiger partial charge >= 0.3 is 0 Å². The highest BCUT2D eigenvalue weighted by Gasteiger charge is 2.19. The summed E-state index contributed by atoms with van der Waals surface area (Å²) in [6, 6.07) is 9.08. The van der Waals surface area contributed by atoms with E-state index in [2.05, 4.69) is 73.2 Å². The lowest BCUT2D eigenvalue weighted by atomic mass is 10.1. The summed E-state index contributed by atoms with van der Waals surface area (Å²) in [6.07, 6.45) is 0.997. The molecule has 0 radical (unpaired) electrons. The van der Waals surface area contributed by atoms with Crippen molar-refractivity contribution in [2.75, 3.05) is 0 Å². The maximum absolute atomic E-state index is 4.82. The van der Waals surface area contributed by atoms with Crippen LogP contribution in [0.15, 0.2) is 28.7 Å². The van der Waals surface area contributed by atoms with E-state index in [1.807, 2.05) is 0 Å². The van der Waals surface area contributed by atoms with Gasteiger partial charge in [0.25, 0.3) is 0 Å². The highest BCUT2D eigenvalue weighted by molar-refractivity contribution is 9.10. The molecule has 2 rings (SSSR count). The topological polar surface area (TPSA) is 24.9 Å². The minimum absolute atomic E-state index is 0.173. The number of benzene rings is 1. The minimum atomic E-state index is 0.173. The molecule has 1 N–H and O–H groups in total. The summed E-state index contributed by atoms with van der Waals surface area (Å²) in [5.41, 5.74) is 2.48. The zero-order valence-corrected chi connectivity index (χ0v) is 14.8. The van der Waals surface area contributed by atoms with Crippen LogP contribution in [0.25, 0.3) is 0 Å². The predicted molar refractivity (Wildman–Crippen MR) is 90.5 cm³/mol. The van der Waals surface area contributed by atoms with E-state index >= 15 is 0 Å². The molecule has 2 aromatic rings. The minimum Gasteiger partial charge on any atom is -0.302 e. The van der Waals surface area contributed by atoms with Gasteiger partial charge < -0.3 is 5.32 Å². The summed E-state index contributed by atoms with van der Waals surface area (Å²) in [4.78, 5) is 6.15. The maximum Gasteiger partial charge on any atom is 0.115 e. The van der Waals surface area contributed by atoms with Gasteiger partial charge in [0.05, 0.1) is 11.7 Å². The van der Waals surface area contributed by atoms with Crippen molar-refractivity contribution in [2.24, 2.45) is 0 Å². The van der Waals surface area contributed by atoms with Gasteiger partial charge in [-0.3, -0.25) is 0 Å². The van der Waals surface area contributed by atoms with Crippen molar-refractivity contribution < 1.29 is 0 Å². The van der Waals surface area contributed by atoms with Crippen molar-refractivity contribution >= 4 is 27.3 Å². The Balaban J connectivity index is 2.38. The molecule has 20 heavy (non-hydrogen) atoms. The predicted octanol–water partition coefficient (Wildman–Crippen LogP) is 4.86. The summed E-state index contributed by atoms with van der Waals surface area (Å²) < 4.78 is 1.11. The molecule has 0 amide bonds. The van der Waals surface area contributed by atoms with E-state index in [4.69, 9.17) is 4.98 Å². The molecule has 108 valence electrons. The first-order chi connectivity index (χ1) is 9.51. The Morgan fingerprint density at radius 1 is 1.25 bits per heavy atom. The van der Waals surface area contributed by atoms with Gasteiger partial charge in [-0.1, -0.05) is 35.0 Å². The fraction of sp³-hybridized carbons (Fsp3) is 0.438. The second-order valence-corrected chi connectivity index (χ2v) is 7.36. The normalized spacial score (nSPS) is 12.9. The lowest BCUT2D eigenvalue weighted by molar-refractivity contribution is 0.526. The Bertz CT molecular complexity index is 560. The van der Waals surface area contributed by atoms with Gasteiger partial charge in [0, 0.05) is 15.4 Å². The quantitative estimate of drug-likeness (QED) is 0.830. The molecule has 0 aliphatic rings. The monoisotopic (exact) mass is 352 g/mol. The molecule has 1 heterocycles. The zero-order valence-electron chi connectivity index (χ0n) is 12.4. The van der Waals surface area contributed by atoms with Gasteiger partial charge in [-0.05, 0) is 44.9 Å². The van der Waals surface area contributed by atoms with E-state index < -0.39 is 0 Å². The Labute approximate surface area is 133 Å². The molecule has 1 unspecified atom stereocenters. The van der Waals surface area contributed by atoms with Crippen LogP contribution in [0.5, 0.6) is 0 Å². The molecular weight excluding hydrogens is 332 g/mol. The number of aromatic nitrogens is 1. The van der Waals surface area contributed by atoms with E-state index in [9.17, 15) is 0 Å². The van der Waals surface area contributed by atoms with Gasteiger partial charge in [-0.2, -0.15) is 0 Å². The van der Waals surface area contributed by atoms with Crippen LogP contribution < -0.4 is 5.32 Å². The van der Waals surface area contributed by atoms with Crippen LogP contribution in [-0.4, -0.2) is 11.0 Å². The first-order valence-electron chi connectivity index (χ1n) is 6.99. The summed E-state index contributed by atoms with van der Waals surface area (Å²) in [5.74, 6) is 0. The number of aryl methyl sites for hydroxylation is 2. The number of thiazole rings is 1. The van der Waals surface area contributed by atoms with Crippen molar-refractivity contribution in [2.45, 2.75) is 46.2 Å². The molecule has 1 atom stereocenters. The largest absolute Gasteiger partial charge is 0.302 e. The molecule has 0 fully saturated rings. The van der Waals surface area contributed by atoms with Gasteiger partial charge in [0.2, 0.25) is 0 Å². The first kappa shape index (κ1) is 15.7. The zero-order chi connectivity index (χ0) is 14.7. The molecule has 0 aliphatic heterocycles. The second kappa shape index (κ2) is 6.83. The molecular formula is C16H21BrN2S. The fourth-order valence-corrected chi connectivity index (χ4v) is 3.56. The molecule has 2 nitrogen and oxygen atoms in total.